The van der Waals surface area contributed by atoms with Crippen molar-refractivity contribution in [3.8, 4) is 0 Å². The van der Waals surface area contributed by atoms with Gasteiger partial charge in [-0.1, -0.05) is 22.9 Å². The second-order valence-corrected chi connectivity index (χ2v) is 7.29. The predicted octanol–water partition coefficient (Wildman–Crippen LogP) is 2.81. The van der Waals surface area contributed by atoms with Crippen LogP contribution in [-0.4, -0.2) is 36.1 Å². The van der Waals surface area contributed by atoms with Gasteiger partial charge in [0.25, 0.3) is 0 Å². The molecule has 0 aliphatic heterocycles. The summed E-state index contributed by atoms with van der Waals surface area (Å²) < 4.78 is 6.14. The highest BCUT2D eigenvalue weighted by Gasteiger charge is 2.25. The molecule has 1 rings (SSSR count). The van der Waals surface area contributed by atoms with E-state index in [0.717, 1.165) is 4.47 Å². The fraction of sp³-hybridized carbons (Fsp3) is 0.471. The van der Waals surface area contributed by atoms with E-state index in [0.29, 0.717) is 12.1 Å². The molecule has 0 bridgehead atoms. The van der Waals surface area contributed by atoms with E-state index in [1.807, 2.05) is 0 Å². The molecule has 0 aromatic heterocycles. The molecule has 7 nitrogen and oxygen atoms in total. The standard InChI is InChI=1S/C17H24BrN3O4/c1-5-13(15(23)25-17(2,3)4)21-14(22)10-19-16(24)20-12-8-6-11(18)7-9-12/h6-9,13H,5,10H2,1-4H3,(H,21,22)(H2,19,20,24)/t13-/m0/s1. The Kier molecular flexibility index (Phi) is 7.89. The number of anilines is 1. The number of hydrogen-bond donors (Lipinski definition) is 3. The normalized spacial score (nSPS) is 12.0. The number of urea groups is 1. The van der Waals surface area contributed by atoms with Gasteiger partial charge < -0.3 is 20.7 Å². The van der Waals surface area contributed by atoms with Crippen molar-refractivity contribution in [2.45, 2.75) is 45.8 Å². The third-order valence-corrected chi connectivity index (χ3v) is 3.48. The van der Waals surface area contributed by atoms with Gasteiger partial charge in [-0.2, -0.15) is 0 Å². The van der Waals surface area contributed by atoms with Gasteiger partial charge in [-0.3, -0.25) is 4.79 Å². The number of carbonyl (C=O) groups excluding carboxylic acids is 3. The van der Waals surface area contributed by atoms with Crippen LogP contribution in [0.3, 0.4) is 0 Å². The van der Waals surface area contributed by atoms with Crippen LogP contribution in [0.2, 0.25) is 0 Å². The number of amides is 3. The van der Waals surface area contributed by atoms with Gasteiger partial charge in [-0.15, -0.1) is 0 Å². The maximum Gasteiger partial charge on any atom is 0.329 e. The van der Waals surface area contributed by atoms with E-state index < -0.39 is 29.6 Å². The largest absolute Gasteiger partial charge is 0.458 e. The first-order chi connectivity index (χ1) is 11.6. The molecule has 0 radical (unpaired) electrons. The first kappa shape index (κ1) is 21.0. The summed E-state index contributed by atoms with van der Waals surface area (Å²) in [6, 6.07) is 5.76. The van der Waals surface area contributed by atoms with E-state index in [-0.39, 0.29) is 6.54 Å². The van der Waals surface area contributed by atoms with Crippen molar-refractivity contribution < 1.29 is 19.1 Å². The Labute approximate surface area is 156 Å². The van der Waals surface area contributed by atoms with E-state index in [4.69, 9.17) is 4.74 Å². The summed E-state index contributed by atoms with van der Waals surface area (Å²) in [5.41, 5.74) is -0.0285. The van der Waals surface area contributed by atoms with Gasteiger partial charge in [0.2, 0.25) is 5.91 Å². The van der Waals surface area contributed by atoms with Gasteiger partial charge in [0.05, 0.1) is 6.54 Å². The fourth-order valence-corrected chi connectivity index (χ4v) is 2.08. The average molecular weight is 414 g/mol. The minimum Gasteiger partial charge on any atom is -0.458 e. The second-order valence-electron chi connectivity index (χ2n) is 6.38. The van der Waals surface area contributed by atoms with Gasteiger partial charge in [-0.05, 0) is 51.5 Å². The molecule has 0 unspecified atom stereocenters. The summed E-state index contributed by atoms with van der Waals surface area (Å²) in [6.45, 7) is 6.79. The summed E-state index contributed by atoms with van der Waals surface area (Å²) in [5.74, 6) is -0.966. The molecule has 0 spiro atoms. The Morgan fingerprint density at radius 2 is 1.76 bits per heavy atom. The minimum absolute atomic E-state index is 0.248. The summed E-state index contributed by atoms with van der Waals surface area (Å²) in [6.07, 6.45) is 0.395. The molecular formula is C17H24BrN3O4. The zero-order valence-corrected chi connectivity index (χ0v) is 16.4. The molecule has 0 saturated carbocycles. The third kappa shape index (κ3) is 8.53. The van der Waals surface area contributed by atoms with Gasteiger partial charge in [-0.25, -0.2) is 9.59 Å². The minimum atomic E-state index is -0.747. The van der Waals surface area contributed by atoms with Crippen LogP contribution in [0.1, 0.15) is 34.1 Å². The lowest BCUT2D eigenvalue weighted by Crippen LogP contribution is -2.47. The van der Waals surface area contributed by atoms with Crippen LogP contribution in [0, 0.1) is 0 Å². The van der Waals surface area contributed by atoms with Gasteiger partial charge in [0.15, 0.2) is 0 Å². The molecule has 1 atom stereocenters. The van der Waals surface area contributed by atoms with Crippen molar-refractivity contribution in [3.63, 3.8) is 0 Å². The lowest BCUT2D eigenvalue weighted by Gasteiger charge is -2.24. The van der Waals surface area contributed by atoms with Crippen LogP contribution in [0.5, 0.6) is 0 Å². The molecule has 0 aliphatic carbocycles. The predicted molar refractivity (Wildman–Crippen MR) is 99.2 cm³/mol. The van der Waals surface area contributed by atoms with E-state index >= 15 is 0 Å². The first-order valence-corrected chi connectivity index (χ1v) is 8.72. The highest BCUT2D eigenvalue weighted by atomic mass is 79.9. The van der Waals surface area contributed by atoms with Crippen molar-refractivity contribution in [2.24, 2.45) is 0 Å². The Balaban J connectivity index is 2.43. The maximum atomic E-state index is 12.0. The quantitative estimate of drug-likeness (QED) is 0.624. The Hall–Kier alpha value is -2.09. The molecule has 25 heavy (non-hydrogen) atoms. The van der Waals surface area contributed by atoms with Crippen molar-refractivity contribution in [3.05, 3.63) is 28.7 Å². The van der Waals surface area contributed by atoms with Crippen LogP contribution >= 0.6 is 15.9 Å². The van der Waals surface area contributed by atoms with Crippen LogP contribution < -0.4 is 16.0 Å². The number of ether oxygens (including phenoxy) is 1. The van der Waals surface area contributed by atoms with Crippen molar-refractivity contribution >= 4 is 39.5 Å². The Morgan fingerprint density at radius 1 is 1.16 bits per heavy atom. The molecule has 3 N–H and O–H groups in total. The molecule has 8 heteroatoms. The first-order valence-electron chi connectivity index (χ1n) is 7.93. The van der Waals surface area contributed by atoms with Crippen LogP contribution in [0.15, 0.2) is 28.7 Å². The summed E-state index contributed by atoms with van der Waals surface area (Å²) in [5, 5.41) is 7.59. The fourth-order valence-electron chi connectivity index (χ4n) is 1.81. The lowest BCUT2D eigenvalue weighted by atomic mass is 10.1. The number of hydrogen-bond acceptors (Lipinski definition) is 4. The highest BCUT2D eigenvalue weighted by molar-refractivity contribution is 9.10. The molecule has 3 amide bonds. The number of halogens is 1. The smallest absolute Gasteiger partial charge is 0.329 e. The number of rotatable bonds is 6. The monoisotopic (exact) mass is 413 g/mol. The van der Waals surface area contributed by atoms with Crippen LogP contribution in [0.4, 0.5) is 10.5 Å². The SMILES string of the molecule is CC[C@H](NC(=O)CNC(=O)Nc1ccc(Br)cc1)C(=O)OC(C)(C)C. The average Bonchev–Trinajstić information content (AvgIpc) is 2.51. The molecule has 0 heterocycles. The van der Waals surface area contributed by atoms with Crippen molar-refractivity contribution in [1.82, 2.24) is 10.6 Å². The molecule has 0 saturated heterocycles. The number of esters is 1. The summed E-state index contributed by atoms with van der Waals surface area (Å²) in [7, 11) is 0. The van der Waals surface area contributed by atoms with Crippen molar-refractivity contribution in [1.29, 1.82) is 0 Å². The summed E-state index contributed by atoms with van der Waals surface area (Å²) in [4.78, 5) is 35.7. The Morgan fingerprint density at radius 3 is 2.28 bits per heavy atom. The van der Waals surface area contributed by atoms with Crippen LogP contribution in [-0.2, 0) is 14.3 Å². The van der Waals surface area contributed by atoms with E-state index in [2.05, 4.69) is 31.9 Å². The van der Waals surface area contributed by atoms with E-state index in [1.54, 1.807) is 52.0 Å². The summed E-state index contributed by atoms with van der Waals surface area (Å²) >= 11 is 3.30. The zero-order valence-electron chi connectivity index (χ0n) is 14.8. The van der Waals surface area contributed by atoms with E-state index in [9.17, 15) is 14.4 Å². The molecule has 0 aliphatic rings. The molecule has 1 aromatic carbocycles. The van der Waals surface area contributed by atoms with E-state index in [1.165, 1.54) is 0 Å². The molecule has 1 aromatic rings. The molecule has 138 valence electrons. The number of benzene rings is 1. The third-order valence-electron chi connectivity index (χ3n) is 2.95. The topological polar surface area (TPSA) is 96.5 Å². The number of carbonyl (C=O) groups is 3. The zero-order chi connectivity index (χ0) is 19.0. The van der Waals surface area contributed by atoms with Gasteiger partial charge in [0, 0.05) is 10.2 Å². The second kappa shape index (κ2) is 9.41. The Bertz CT molecular complexity index is 611. The van der Waals surface area contributed by atoms with Gasteiger partial charge >= 0.3 is 12.0 Å². The lowest BCUT2D eigenvalue weighted by molar-refractivity contribution is -0.158. The van der Waals surface area contributed by atoms with Crippen molar-refractivity contribution in [2.75, 3.05) is 11.9 Å². The van der Waals surface area contributed by atoms with Crippen LogP contribution in [0.25, 0.3) is 0 Å². The number of nitrogens with one attached hydrogen (secondary N) is 3. The molecule has 0 fully saturated rings. The highest BCUT2D eigenvalue weighted by Crippen LogP contribution is 2.13. The molecular weight excluding hydrogens is 390 g/mol. The van der Waals surface area contributed by atoms with Gasteiger partial charge in [0.1, 0.15) is 11.6 Å². The maximum absolute atomic E-state index is 12.0.